The van der Waals surface area contributed by atoms with Crippen LogP contribution in [0.1, 0.15) is 26.2 Å². The number of amides is 2. The van der Waals surface area contributed by atoms with Gasteiger partial charge in [-0.3, -0.25) is 9.59 Å². The Balaban J connectivity index is 2.50. The third kappa shape index (κ3) is 3.04. The van der Waals surface area contributed by atoms with Gasteiger partial charge in [-0.1, -0.05) is 29.3 Å². The number of ketones is 1. The number of alkyl halides is 1. The van der Waals surface area contributed by atoms with Crippen LogP contribution < -0.4 is 0 Å². The molecular formula is C10H14BrNO4. The van der Waals surface area contributed by atoms with E-state index in [9.17, 15) is 14.4 Å². The molecule has 0 saturated carbocycles. The highest BCUT2D eigenvalue weighted by atomic mass is 79.9. The molecule has 90 valence electrons. The van der Waals surface area contributed by atoms with Crippen LogP contribution in [0.3, 0.4) is 0 Å². The van der Waals surface area contributed by atoms with E-state index in [-0.39, 0.29) is 18.7 Å². The lowest BCUT2D eigenvalue weighted by atomic mass is 10.1. The Morgan fingerprint density at radius 2 is 2.25 bits per heavy atom. The Labute approximate surface area is 102 Å². The van der Waals surface area contributed by atoms with Gasteiger partial charge in [0, 0.05) is 13.0 Å². The van der Waals surface area contributed by atoms with Gasteiger partial charge in [-0.15, -0.1) is 0 Å². The molecule has 2 amide bonds. The van der Waals surface area contributed by atoms with Crippen LogP contribution in [0.25, 0.3) is 0 Å². The van der Waals surface area contributed by atoms with E-state index in [0.717, 1.165) is 17.7 Å². The van der Waals surface area contributed by atoms with Gasteiger partial charge in [0.15, 0.2) is 10.6 Å². The standard InChI is InChI=1S/C10H14BrNO4/c1-2-3-6-16-10(15)12-5-4-7(13)8(11)9(12)14/h8H,2-6H2,1H3. The number of ether oxygens (including phenoxy) is 1. The van der Waals surface area contributed by atoms with Crippen molar-refractivity contribution >= 4 is 33.7 Å². The number of piperidine rings is 1. The van der Waals surface area contributed by atoms with Crippen molar-refractivity contribution in [2.45, 2.75) is 31.0 Å². The minimum atomic E-state index is -0.903. The van der Waals surface area contributed by atoms with E-state index in [1.807, 2.05) is 6.92 Å². The second kappa shape index (κ2) is 5.98. The van der Waals surface area contributed by atoms with E-state index in [0.29, 0.717) is 6.61 Å². The fourth-order valence-electron chi connectivity index (χ4n) is 1.30. The van der Waals surface area contributed by atoms with Gasteiger partial charge in [0.05, 0.1) is 6.61 Å². The molecule has 0 spiro atoms. The van der Waals surface area contributed by atoms with Gasteiger partial charge in [0.25, 0.3) is 5.91 Å². The maximum absolute atomic E-state index is 11.6. The average Bonchev–Trinajstić information content (AvgIpc) is 2.26. The Morgan fingerprint density at radius 3 is 2.88 bits per heavy atom. The molecule has 0 aromatic heterocycles. The third-order valence-corrected chi connectivity index (χ3v) is 3.19. The lowest BCUT2D eigenvalue weighted by Gasteiger charge is -2.26. The number of halogens is 1. The maximum atomic E-state index is 11.6. The smallest absolute Gasteiger partial charge is 0.416 e. The maximum Gasteiger partial charge on any atom is 0.416 e. The van der Waals surface area contributed by atoms with E-state index in [2.05, 4.69) is 15.9 Å². The zero-order valence-corrected chi connectivity index (χ0v) is 10.7. The zero-order valence-electron chi connectivity index (χ0n) is 9.07. The molecule has 1 rings (SSSR count). The number of carbonyl (C=O) groups excluding carboxylic acids is 3. The molecule has 5 nitrogen and oxygen atoms in total. The number of likely N-dealkylation sites (tertiary alicyclic amines) is 1. The molecule has 0 bridgehead atoms. The lowest BCUT2D eigenvalue weighted by Crippen LogP contribution is -2.49. The van der Waals surface area contributed by atoms with Crippen molar-refractivity contribution in [2.75, 3.05) is 13.2 Å². The highest BCUT2D eigenvalue weighted by molar-refractivity contribution is 9.10. The molecule has 16 heavy (non-hydrogen) atoms. The van der Waals surface area contributed by atoms with Crippen LogP contribution in [0.5, 0.6) is 0 Å². The summed E-state index contributed by atoms with van der Waals surface area (Å²) >= 11 is 2.96. The first kappa shape index (κ1) is 13.2. The van der Waals surface area contributed by atoms with Gasteiger partial charge < -0.3 is 4.74 Å². The molecular weight excluding hydrogens is 278 g/mol. The van der Waals surface area contributed by atoms with Crippen LogP contribution in [0.15, 0.2) is 0 Å². The van der Waals surface area contributed by atoms with Crippen LogP contribution in [-0.2, 0) is 14.3 Å². The van der Waals surface area contributed by atoms with Crippen molar-refractivity contribution in [3.05, 3.63) is 0 Å². The number of hydrogen-bond donors (Lipinski definition) is 0. The zero-order chi connectivity index (χ0) is 12.1. The minimum absolute atomic E-state index is 0.116. The summed E-state index contributed by atoms with van der Waals surface area (Å²) < 4.78 is 4.91. The molecule has 0 aliphatic carbocycles. The summed E-state index contributed by atoms with van der Waals surface area (Å²) in [5, 5.41) is 0. The topological polar surface area (TPSA) is 63.7 Å². The lowest BCUT2D eigenvalue weighted by molar-refractivity contribution is -0.136. The van der Waals surface area contributed by atoms with Gasteiger partial charge in [-0.05, 0) is 6.42 Å². The summed E-state index contributed by atoms with van der Waals surface area (Å²) in [4.78, 5) is 34.3. The molecule has 1 aliphatic rings. The molecule has 0 N–H and O–H groups in total. The molecule has 6 heteroatoms. The summed E-state index contributed by atoms with van der Waals surface area (Å²) in [6.45, 7) is 2.40. The number of carbonyl (C=O) groups is 3. The molecule has 0 radical (unpaired) electrons. The Morgan fingerprint density at radius 1 is 1.56 bits per heavy atom. The van der Waals surface area contributed by atoms with Crippen molar-refractivity contribution in [1.29, 1.82) is 0 Å². The first-order valence-corrected chi connectivity index (χ1v) is 6.14. The number of rotatable bonds is 3. The van der Waals surface area contributed by atoms with Gasteiger partial charge in [0.1, 0.15) is 0 Å². The summed E-state index contributed by atoms with van der Waals surface area (Å²) in [6.07, 6.45) is 1.21. The number of nitrogens with zero attached hydrogens (tertiary/aromatic N) is 1. The molecule has 1 unspecified atom stereocenters. The first-order valence-electron chi connectivity index (χ1n) is 5.22. The van der Waals surface area contributed by atoms with E-state index < -0.39 is 16.8 Å². The number of imide groups is 1. The molecule has 0 aromatic carbocycles. The molecule has 1 heterocycles. The first-order chi connectivity index (χ1) is 7.57. The van der Waals surface area contributed by atoms with Crippen molar-refractivity contribution in [3.63, 3.8) is 0 Å². The van der Waals surface area contributed by atoms with Crippen molar-refractivity contribution in [1.82, 2.24) is 4.90 Å². The summed E-state index contributed by atoms with van der Waals surface area (Å²) in [5.41, 5.74) is 0. The number of hydrogen-bond acceptors (Lipinski definition) is 4. The predicted octanol–water partition coefficient (Wildman–Crippen LogP) is 1.49. The van der Waals surface area contributed by atoms with Gasteiger partial charge >= 0.3 is 6.09 Å². The van der Waals surface area contributed by atoms with E-state index in [4.69, 9.17) is 4.74 Å². The monoisotopic (exact) mass is 291 g/mol. The average molecular weight is 292 g/mol. The van der Waals surface area contributed by atoms with Crippen LogP contribution in [0.4, 0.5) is 4.79 Å². The normalized spacial score (nSPS) is 21.1. The van der Waals surface area contributed by atoms with Crippen LogP contribution in [0, 0.1) is 0 Å². The largest absolute Gasteiger partial charge is 0.449 e. The van der Waals surface area contributed by atoms with Crippen LogP contribution in [-0.4, -0.2) is 40.7 Å². The van der Waals surface area contributed by atoms with Crippen molar-refractivity contribution < 1.29 is 19.1 Å². The fourth-order valence-corrected chi connectivity index (χ4v) is 1.77. The van der Waals surface area contributed by atoms with Crippen molar-refractivity contribution in [3.8, 4) is 0 Å². The van der Waals surface area contributed by atoms with Gasteiger partial charge in [-0.25, -0.2) is 9.69 Å². The van der Waals surface area contributed by atoms with Crippen LogP contribution >= 0.6 is 15.9 Å². The molecule has 1 aliphatic heterocycles. The highest BCUT2D eigenvalue weighted by Crippen LogP contribution is 2.16. The molecule has 1 atom stereocenters. The van der Waals surface area contributed by atoms with Crippen molar-refractivity contribution in [2.24, 2.45) is 0 Å². The summed E-state index contributed by atoms with van der Waals surface area (Å²) in [6, 6.07) is 0. The molecule has 1 fully saturated rings. The SMILES string of the molecule is CCCCOC(=O)N1CCC(=O)C(Br)C1=O. The predicted molar refractivity (Wildman–Crippen MR) is 60.3 cm³/mol. The Bertz CT molecular complexity index is 305. The van der Waals surface area contributed by atoms with Crippen LogP contribution in [0.2, 0.25) is 0 Å². The highest BCUT2D eigenvalue weighted by Gasteiger charge is 2.37. The fraction of sp³-hybridized carbons (Fsp3) is 0.700. The minimum Gasteiger partial charge on any atom is -0.449 e. The molecule has 1 saturated heterocycles. The van der Waals surface area contributed by atoms with E-state index in [1.54, 1.807) is 0 Å². The summed E-state index contributed by atoms with van der Waals surface area (Å²) in [5.74, 6) is -0.722. The second-order valence-electron chi connectivity index (χ2n) is 3.54. The quantitative estimate of drug-likeness (QED) is 0.449. The van der Waals surface area contributed by atoms with E-state index in [1.165, 1.54) is 0 Å². The third-order valence-electron chi connectivity index (χ3n) is 2.29. The van der Waals surface area contributed by atoms with Gasteiger partial charge in [-0.2, -0.15) is 0 Å². The Kier molecular flexibility index (Phi) is 4.92. The Hall–Kier alpha value is -0.910. The second-order valence-corrected chi connectivity index (χ2v) is 4.45. The van der Waals surface area contributed by atoms with Gasteiger partial charge in [0.2, 0.25) is 0 Å². The summed E-state index contributed by atoms with van der Waals surface area (Å²) in [7, 11) is 0. The molecule has 0 aromatic rings. The number of unbranched alkanes of at least 4 members (excludes halogenated alkanes) is 1. The number of Topliss-reactive ketones (excluding diaryl/α,β-unsaturated/α-hetero) is 1. The van der Waals surface area contributed by atoms with E-state index >= 15 is 0 Å².